The van der Waals surface area contributed by atoms with Crippen molar-refractivity contribution in [3.8, 4) is 11.5 Å². The standard InChI is InChI=1S/C34H30O2/c1-35-31-23-30(34(27-19-11-5-12-20-27)28-21-13-6-14-22-28)32(36-2)24-29(31)33(25-15-7-3-8-16-25)26-17-9-4-10-18-26/h3-24,33-34H,1-2H3. The summed E-state index contributed by atoms with van der Waals surface area (Å²) in [6, 6.07) is 46.6. The molecule has 0 spiro atoms. The number of hydrogen-bond acceptors (Lipinski definition) is 2. The lowest BCUT2D eigenvalue weighted by molar-refractivity contribution is 0.393. The SMILES string of the molecule is COc1cc(C(c2ccccc2)c2ccccc2)c(OC)cc1C(c1ccccc1)c1ccccc1. The van der Waals surface area contributed by atoms with Crippen LogP contribution in [-0.4, -0.2) is 14.2 Å². The van der Waals surface area contributed by atoms with Crippen molar-refractivity contribution in [1.82, 2.24) is 0 Å². The fourth-order valence-corrected chi connectivity index (χ4v) is 5.08. The van der Waals surface area contributed by atoms with Gasteiger partial charge in [-0.05, 0) is 34.4 Å². The molecule has 5 aromatic carbocycles. The summed E-state index contributed by atoms with van der Waals surface area (Å²) in [5, 5.41) is 0. The van der Waals surface area contributed by atoms with E-state index >= 15 is 0 Å². The molecule has 5 aromatic rings. The van der Waals surface area contributed by atoms with Crippen molar-refractivity contribution in [3.05, 3.63) is 167 Å². The quantitative estimate of drug-likeness (QED) is 0.214. The number of hydrogen-bond donors (Lipinski definition) is 0. The molecule has 0 aliphatic carbocycles. The Morgan fingerprint density at radius 2 is 0.639 bits per heavy atom. The van der Waals surface area contributed by atoms with Crippen molar-refractivity contribution in [2.45, 2.75) is 11.8 Å². The molecule has 0 unspecified atom stereocenters. The van der Waals surface area contributed by atoms with Crippen LogP contribution >= 0.6 is 0 Å². The zero-order valence-corrected chi connectivity index (χ0v) is 20.7. The predicted octanol–water partition coefficient (Wildman–Crippen LogP) is 8.06. The largest absolute Gasteiger partial charge is 0.496 e. The summed E-state index contributed by atoms with van der Waals surface area (Å²) in [5.41, 5.74) is 6.99. The third-order valence-corrected chi connectivity index (χ3v) is 6.74. The Morgan fingerprint density at radius 3 is 0.861 bits per heavy atom. The number of ether oxygens (including phenoxy) is 2. The van der Waals surface area contributed by atoms with Gasteiger partial charge in [-0.3, -0.25) is 0 Å². The molecule has 0 radical (unpaired) electrons. The predicted molar refractivity (Wildman–Crippen MR) is 147 cm³/mol. The van der Waals surface area contributed by atoms with Crippen LogP contribution in [0.15, 0.2) is 133 Å². The topological polar surface area (TPSA) is 18.5 Å². The van der Waals surface area contributed by atoms with E-state index in [9.17, 15) is 0 Å². The average Bonchev–Trinajstić information content (AvgIpc) is 2.96. The van der Waals surface area contributed by atoms with Gasteiger partial charge in [0.15, 0.2) is 0 Å². The molecule has 0 bridgehead atoms. The lowest BCUT2D eigenvalue weighted by atomic mass is 9.80. The van der Waals surface area contributed by atoms with Gasteiger partial charge in [0.2, 0.25) is 0 Å². The summed E-state index contributed by atoms with van der Waals surface area (Å²) in [5.74, 6) is 1.72. The molecule has 36 heavy (non-hydrogen) atoms. The maximum Gasteiger partial charge on any atom is 0.123 e. The van der Waals surface area contributed by atoms with Gasteiger partial charge < -0.3 is 9.47 Å². The molecule has 0 N–H and O–H groups in total. The highest BCUT2D eigenvalue weighted by atomic mass is 16.5. The van der Waals surface area contributed by atoms with Gasteiger partial charge in [-0.15, -0.1) is 0 Å². The van der Waals surface area contributed by atoms with Gasteiger partial charge in [0, 0.05) is 23.0 Å². The first-order valence-corrected chi connectivity index (χ1v) is 12.3. The highest BCUT2D eigenvalue weighted by molar-refractivity contribution is 5.58. The molecule has 0 amide bonds. The summed E-state index contributed by atoms with van der Waals surface area (Å²) >= 11 is 0. The summed E-state index contributed by atoms with van der Waals surface area (Å²) in [4.78, 5) is 0. The Labute approximate surface area is 213 Å². The molecule has 0 aliphatic rings. The molecular weight excluding hydrogens is 440 g/mol. The van der Waals surface area contributed by atoms with Crippen molar-refractivity contribution in [2.24, 2.45) is 0 Å². The fourth-order valence-electron chi connectivity index (χ4n) is 5.08. The van der Waals surface area contributed by atoms with Gasteiger partial charge in [0.25, 0.3) is 0 Å². The number of benzene rings is 5. The van der Waals surface area contributed by atoms with Gasteiger partial charge in [-0.25, -0.2) is 0 Å². The van der Waals surface area contributed by atoms with Gasteiger partial charge in [-0.1, -0.05) is 121 Å². The molecule has 178 valence electrons. The first kappa shape index (κ1) is 23.4. The first-order valence-electron chi connectivity index (χ1n) is 12.3. The summed E-state index contributed by atoms with van der Waals surface area (Å²) in [7, 11) is 3.50. The van der Waals surface area contributed by atoms with Crippen molar-refractivity contribution in [2.75, 3.05) is 14.2 Å². The van der Waals surface area contributed by atoms with Crippen LogP contribution in [0.25, 0.3) is 0 Å². The summed E-state index contributed by atoms with van der Waals surface area (Å²) in [6.45, 7) is 0. The second-order valence-electron chi connectivity index (χ2n) is 8.84. The molecule has 0 aliphatic heterocycles. The minimum Gasteiger partial charge on any atom is -0.496 e. The zero-order valence-electron chi connectivity index (χ0n) is 20.7. The number of rotatable bonds is 8. The Balaban J connectivity index is 1.73. The van der Waals surface area contributed by atoms with E-state index in [1.54, 1.807) is 14.2 Å². The Kier molecular flexibility index (Phi) is 7.14. The molecular formula is C34H30O2. The fraction of sp³-hybridized carbons (Fsp3) is 0.118. The van der Waals surface area contributed by atoms with E-state index in [0.29, 0.717) is 0 Å². The van der Waals surface area contributed by atoms with E-state index in [4.69, 9.17) is 9.47 Å². The maximum absolute atomic E-state index is 6.08. The van der Waals surface area contributed by atoms with Crippen LogP contribution in [-0.2, 0) is 0 Å². The lowest BCUT2D eigenvalue weighted by Gasteiger charge is -2.26. The molecule has 0 heterocycles. The minimum atomic E-state index is 0.0113. The summed E-state index contributed by atoms with van der Waals surface area (Å²) < 4.78 is 12.2. The van der Waals surface area contributed by atoms with Crippen molar-refractivity contribution >= 4 is 0 Å². The van der Waals surface area contributed by atoms with Gasteiger partial charge >= 0.3 is 0 Å². The second kappa shape index (κ2) is 11.0. The van der Waals surface area contributed by atoms with Crippen LogP contribution < -0.4 is 9.47 Å². The molecule has 0 aromatic heterocycles. The van der Waals surface area contributed by atoms with Gasteiger partial charge in [0.05, 0.1) is 14.2 Å². The van der Waals surface area contributed by atoms with Crippen LogP contribution in [0.4, 0.5) is 0 Å². The van der Waals surface area contributed by atoms with Crippen LogP contribution in [0, 0.1) is 0 Å². The molecule has 5 rings (SSSR count). The average molecular weight is 471 g/mol. The van der Waals surface area contributed by atoms with Crippen molar-refractivity contribution in [3.63, 3.8) is 0 Å². The molecule has 2 nitrogen and oxygen atoms in total. The van der Waals surface area contributed by atoms with Crippen LogP contribution in [0.3, 0.4) is 0 Å². The third kappa shape index (κ3) is 4.76. The van der Waals surface area contributed by atoms with E-state index in [2.05, 4.69) is 133 Å². The van der Waals surface area contributed by atoms with Crippen LogP contribution in [0.2, 0.25) is 0 Å². The lowest BCUT2D eigenvalue weighted by Crippen LogP contribution is -2.10. The van der Waals surface area contributed by atoms with Gasteiger partial charge in [0.1, 0.15) is 11.5 Å². The first-order chi connectivity index (χ1) is 17.8. The van der Waals surface area contributed by atoms with E-state index in [0.717, 1.165) is 22.6 Å². The van der Waals surface area contributed by atoms with Crippen molar-refractivity contribution < 1.29 is 9.47 Å². The monoisotopic (exact) mass is 470 g/mol. The molecule has 0 atom stereocenters. The zero-order chi connectivity index (χ0) is 24.7. The third-order valence-electron chi connectivity index (χ3n) is 6.74. The van der Waals surface area contributed by atoms with E-state index in [1.807, 2.05) is 0 Å². The Hall–Kier alpha value is -4.30. The van der Waals surface area contributed by atoms with Crippen LogP contribution in [0.5, 0.6) is 11.5 Å². The van der Waals surface area contributed by atoms with Gasteiger partial charge in [-0.2, -0.15) is 0 Å². The molecule has 0 saturated heterocycles. The molecule has 0 fully saturated rings. The van der Waals surface area contributed by atoms with Crippen molar-refractivity contribution in [1.29, 1.82) is 0 Å². The smallest absolute Gasteiger partial charge is 0.123 e. The minimum absolute atomic E-state index is 0.0113. The molecule has 0 saturated carbocycles. The number of methoxy groups -OCH3 is 2. The second-order valence-corrected chi connectivity index (χ2v) is 8.84. The highest BCUT2D eigenvalue weighted by Gasteiger charge is 2.27. The van der Waals surface area contributed by atoms with Crippen LogP contribution in [0.1, 0.15) is 45.2 Å². The van der Waals surface area contributed by atoms with E-state index in [-0.39, 0.29) is 11.8 Å². The summed E-state index contributed by atoms with van der Waals surface area (Å²) in [6.07, 6.45) is 0. The van der Waals surface area contributed by atoms with E-state index < -0.39 is 0 Å². The normalized spacial score (nSPS) is 11.0. The van der Waals surface area contributed by atoms with E-state index in [1.165, 1.54) is 22.3 Å². The Morgan fingerprint density at radius 1 is 0.389 bits per heavy atom. The Bertz CT molecular complexity index is 1190. The highest BCUT2D eigenvalue weighted by Crippen LogP contribution is 2.45. The molecule has 2 heteroatoms. The maximum atomic E-state index is 6.08.